The van der Waals surface area contributed by atoms with E-state index in [-0.39, 0.29) is 0 Å². The van der Waals surface area contributed by atoms with Crippen molar-refractivity contribution < 1.29 is 23.1 Å². The van der Waals surface area contributed by atoms with E-state index in [0.717, 1.165) is 6.92 Å². The van der Waals surface area contributed by atoms with Crippen molar-refractivity contribution in [2.24, 2.45) is 0 Å². The summed E-state index contributed by atoms with van der Waals surface area (Å²) >= 11 is 3.20. The predicted octanol–water partition coefficient (Wildman–Crippen LogP) is 1.28. The van der Waals surface area contributed by atoms with Gasteiger partial charge in [0.05, 0.1) is 5.69 Å². The molecule has 1 rings (SSSR count). The summed E-state index contributed by atoms with van der Waals surface area (Å²) in [5, 5.41) is 9.43. The van der Waals surface area contributed by atoms with Gasteiger partial charge in [-0.2, -0.15) is 0 Å². The van der Waals surface area contributed by atoms with Gasteiger partial charge in [0.25, 0.3) is 0 Å². The molecule has 0 aliphatic rings. The fourth-order valence-electron chi connectivity index (χ4n) is 1.21. The maximum absolute atomic E-state index is 11.6. The number of nitrogens with one attached hydrogen (secondary N) is 1. The van der Waals surface area contributed by atoms with Gasteiger partial charge in [0.15, 0.2) is 15.1 Å². The molecule has 1 aromatic rings. The zero-order chi connectivity index (χ0) is 14.6. The van der Waals surface area contributed by atoms with Gasteiger partial charge in [-0.05, 0) is 35.0 Å². The van der Waals surface area contributed by atoms with Crippen LogP contribution in [-0.2, 0) is 19.4 Å². The van der Waals surface area contributed by atoms with Crippen LogP contribution in [0.3, 0.4) is 0 Å². The normalized spacial score (nSPS) is 12.7. The van der Waals surface area contributed by atoms with Gasteiger partial charge in [-0.3, -0.25) is 9.59 Å². The summed E-state index contributed by atoms with van der Waals surface area (Å²) < 4.78 is 23.8. The van der Waals surface area contributed by atoms with Gasteiger partial charge in [-0.15, -0.1) is 0 Å². The molecule has 0 aliphatic carbocycles. The number of para-hydroxylation sites is 1. The van der Waals surface area contributed by atoms with Crippen LogP contribution in [0.1, 0.15) is 6.92 Å². The minimum absolute atomic E-state index is 0.422. The molecule has 1 atom stereocenters. The summed E-state index contributed by atoms with van der Waals surface area (Å²) in [4.78, 5) is 22.2. The Bertz CT molecular complexity index is 599. The largest absolute Gasteiger partial charge is 0.480 e. The van der Waals surface area contributed by atoms with Crippen LogP contribution in [0.25, 0.3) is 0 Å². The van der Waals surface area contributed by atoms with Gasteiger partial charge in [-0.25, -0.2) is 8.42 Å². The third-order valence-electron chi connectivity index (χ3n) is 2.37. The number of carboxylic acids is 1. The average molecular weight is 350 g/mol. The second kappa shape index (κ2) is 6.16. The number of carbonyl (C=O) groups is 2. The van der Waals surface area contributed by atoms with Gasteiger partial charge >= 0.3 is 5.97 Å². The maximum Gasteiger partial charge on any atom is 0.321 e. The van der Waals surface area contributed by atoms with Crippen LogP contribution in [-0.4, -0.2) is 36.4 Å². The summed E-state index contributed by atoms with van der Waals surface area (Å²) in [6, 6.07) is 6.69. The molecular weight excluding hydrogens is 338 g/mol. The third kappa shape index (κ3) is 4.32. The Kier molecular flexibility index (Phi) is 5.07. The van der Waals surface area contributed by atoms with Crippen molar-refractivity contribution in [2.45, 2.75) is 12.2 Å². The van der Waals surface area contributed by atoms with Crippen molar-refractivity contribution in [3.05, 3.63) is 28.7 Å². The minimum atomic E-state index is -4.02. The Morgan fingerprint density at radius 2 is 1.95 bits per heavy atom. The molecule has 0 fully saturated rings. The number of anilines is 1. The molecule has 0 heterocycles. The molecule has 19 heavy (non-hydrogen) atoms. The lowest BCUT2D eigenvalue weighted by Gasteiger charge is -2.10. The van der Waals surface area contributed by atoms with E-state index in [1.54, 1.807) is 24.3 Å². The van der Waals surface area contributed by atoms with Crippen LogP contribution in [0.5, 0.6) is 0 Å². The molecule has 0 aromatic heterocycles. The lowest BCUT2D eigenvalue weighted by atomic mass is 10.3. The Balaban J connectivity index is 2.77. The number of hydrogen-bond acceptors (Lipinski definition) is 4. The van der Waals surface area contributed by atoms with E-state index in [0.29, 0.717) is 10.2 Å². The SMILES string of the molecule is CC(C(=O)O)S(=O)(=O)CC(=O)Nc1ccccc1Br. The zero-order valence-corrected chi connectivity index (χ0v) is 12.4. The van der Waals surface area contributed by atoms with Crippen molar-refractivity contribution in [1.29, 1.82) is 0 Å². The lowest BCUT2D eigenvalue weighted by Crippen LogP contribution is -2.34. The second-order valence-corrected chi connectivity index (χ2v) is 6.99. The van der Waals surface area contributed by atoms with E-state index in [9.17, 15) is 18.0 Å². The van der Waals surface area contributed by atoms with Gasteiger partial charge in [0.1, 0.15) is 5.75 Å². The first-order chi connectivity index (χ1) is 8.74. The Labute approximate surface area is 118 Å². The standard InChI is InChI=1S/C11H12BrNO5S/c1-7(11(15)16)19(17,18)6-10(14)13-9-5-3-2-4-8(9)12/h2-5,7H,6H2,1H3,(H,13,14)(H,15,16). The molecule has 0 aliphatic heterocycles. The summed E-state index contributed by atoms with van der Waals surface area (Å²) in [6.07, 6.45) is 0. The molecular formula is C11H12BrNO5S. The highest BCUT2D eigenvalue weighted by Gasteiger charge is 2.30. The monoisotopic (exact) mass is 349 g/mol. The highest BCUT2D eigenvalue weighted by Crippen LogP contribution is 2.21. The quantitative estimate of drug-likeness (QED) is 0.833. The number of aliphatic carboxylic acids is 1. The first-order valence-corrected chi connectivity index (χ1v) is 7.73. The van der Waals surface area contributed by atoms with E-state index in [4.69, 9.17) is 5.11 Å². The molecule has 0 radical (unpaired) electrons. The molecule has 0 spiro atoms. The Morgan fingerprint density at radius 3 is 2.47 bits per heavy atom. The van der Waals surface area contributed by atoms with Crippen LogP contribution in [0.15, 0.2) is 28.7 Å². The van der Waals surface area contributed by atoms with Crippen LogP contribution >= 0.6 is 15.9 Å². The summed E-state index contributed by atoms with van der Waals surface area (Å²) in [5.74, 6) is -3.13. The van der Waals surface area contributed by atoms with Crippen LogP contribution in [0, 0.1) is 0 Å². The molecule has 1 aromatic carbocycles. The number of sulfone groups is 1. The smallest absolute Gasteiger partial charge is 0.321 e. The maximum atomic E-state index is 11.6. The minimum Gasteiger partial charge on any atom is -0.480 e. The molecule has 104 valence electrons. The molecule has 6 nitrogen and oxygen atoms in total. The van der Waals surface area contributed by atoms with Crippen molar-refractivity contribution in [2.75, 3.05) is 11.1 Å². The fraction of sp³-hybridized carbons (Fsp3) is 0.273. The van der Waals surface area contributed by atoms with Gasteiger partial charge in [0.2, 0.25) is 5.91 Å². The molecule has 1 unspecified atom stereocenters. The summed E-state index contributed by atoms with van der Waals surface area (Å²) in [6.45, 7) is 1.03. The average Bonchev–Trinajstić information content (AvgIpc) is 2.30. The van der Waals surface area contributed by atoms with Crippen molar-refractivity contribution in [3.63, 3.8) is 0 Å². The Hall–Kier alpha value is -1.41. The number of amides is 1. The third-order valence-corrected chi connectivity index (χ3v) is 5.00. The van der Waals surface area contributed by atoms with Gasteiger partial charge < -0.3 is 10.4 Å². The fourth-order valence-corrected chi connectivity index (χ4v) is 2.59. The zero-order valence-electron chi connectivity index (χ0n) is 9.96. The van der Waals surface area contributed by atoms with Crippen LogP contribution in [0.2, 0.25) is 0 Å². The van der Waals surface area contributed by atoms with Crippen LogP contribution < -0.4 is 5.32 Å². The second-order valence-electron chi connectivity index (χ2n) is 3.82. The van der Waals surface area contributed by atoms with Gasteiger partial charge in [-0.1, -0.05) is 12.1 Å². The molecule has 0 saturated carbocycles. The number of hydrogen-bond donors (Lipinski definition) is 2. The first kappa shape index (κ1) is 15.6. The van der Waals surface area contributed by atoms with E-state index >= 15 is 0 Å². The lowest BCUT2D eigenvalue weighted by molar-refractivity contribution is -0.136. The summed E-state index contributed by atoms with van der Waals surface area (Å²) in [7, 11) is -4.02. The highest BCUT2D eigenvalue weighted by atomic mass is 79.9. The van der Waals surface area contributed by atoms with E-state index in [2.05, 4.69) is 21.2 Å². The van der Waals surface area contributed by atoms with Crippen molar-refractivity contribution in [3.8, 4) is 0 Å². The first-order valence-electron chi connectivity index (χ1n) is 5.23. The number of carbonyl (C=O) groups excluding carboxylic acids is 1. The van der Waals surface area contributed by atoms with Crippen molar-refractivity contribution >= 4 is 43.3 Å². The van der Waals surface area contributed by atoms with E-state index in [1.165, 1.54) is 0 Å². The van der Waals surface area contributed by atoms with E-state index < -0.39 is 32.7 Å². The number of rotatable bonds is 5. The van der Waals surface area contributed by atoms with Crippen molar-refractivity contribution in [1.82, 2.24) is 0 Å². The topological polar surface area (TPSA) is 101 Å². The Morgan fingerprint density at radius 1 is 1.37 bits per heavy atom. The molecule has 0 saturated heterocycles. The summed E-state index contributed by atoms with van der Waals surface area (Å²) in [5.41, 5.74) is 0.422. The molecule has 2 N–H and O–H groups in total. The van der Waals surface area contributed by atoms with E-state index in [1.807, 2.05) is 0 Å². The highest BCUT2D eigenvalue weighted by molar-refractivity contribution is 9.10. The van der Waals surface area contributed by atoms with Gasteiger partial charge in [0, 0.05) is 4.47 Å². The molecule has 0 bridgehead atoms. The molecule has 1 amide bonds. The molecule has 8 heteroatoms. The predicted molar refractivity (Wildman–Crippen MR) is 73.7 cm³/mol. The number of benzene rings is 1. The van der Waals surface area contributed by atoms with Crippen LogP contribution in [0.4, 0.5) is 5.69 Å². The number of carboxylic acid groups (broad SMARTS) is 1. The number of halogens is 1.